The Morgan fingerprint density at radius 3 is 2.74 bits per heavy atom. The monoisotopic (exact) mass is 338 g/mol. The van der Waals surface area contributed by atoms with Crippen LogP contribution in [-0.2, 0) is 14.8 Å². The van der Waals surface area contributed by atoms with Gasteiger partial charge in [-0.3, -0.25) is 4.79 Å². The van der Waals surface area contributed by atoms with E-state index < -0.39 is 10.0 Å². The predicted molar refractivity (Wildman–Crippen MR) is 85.7 cm³/mol. The lowest BCUT2D eigenvalue weighted by Gasteiger charge is -2.16. The van der Waals surface area contributed by atoms with Crippen molar-refractivity contribution in [2.24, 2.45) is 0 Å². The van der Waals surface area contributed by atoms with Gasteiger partial charge in [0.25, 0.3) is 5.91 Å². The maximum Gasteiger partial charge on any atom is 0.251 e. The van der Waals surface area contributed by atoms with E-state index in [1.807, 2.05) is 0 Å². The number of carbonyl (C=O) groups excluding carboxylic acids is 1. The lowest BCUT2D eigenvalue weighted by Crippen LogP contribution is -2.32. The summed E-state index contributed by atoms with van der Waals surface area (Å²) >= 11 is 0. The molecule has 2 heterocycles. The number of hydrogen-bond acceptors (Lipinski definition) is 4. The molecule has 1 aromatic rings. The molecule has 1 N–H and O–H groups in total. The van der Waals surface area contributed by atoms with Crippen molar-refractivity contribution in [3.63, 3.8) is 0 Å². The molecule has 1 atom stereocenters. The standard InChI is InChI=1S/C16H22N2O4S/c19-16(17-12-14-6-4-10-22-14)13-5-3-7-15(11-13)23(20,21)18-8-1-2-9-18/h3,5,7,11,14H,1-2,4,6,8-10,12H2,(H,17,19). The average molecular weight is 338 g/mol. The number of hydrogen-bond donors (Lipinski definition) is 1. The van der Waals surface area contributed by atoms with Crippen LogP contribution < -0.4 is 5.32 Å². The summed E-state index contributed by atoms with van der Waals surface area (Å²) in [5.41, 5.74) is 0.364. The van der Waals surface area contributed by atoms with Crippen LogP contribution in [-0.4, -0.2) is 51.0 Å². The lowest BCUT2D eigenvalue weighted by molar-refractivity contribution is 0.0857. The van der Waals surface area contributed by atoms with E-state index in [0.29, 0.717) is 25.2 Å². The van der Waals surface area contributed by atoms with Crippen LogP contribution in [0.2, 0.25) is 0 Å². The lowest BCUT2D eigenvalue weighted by atomic mass is 10.2. The number of carbonyl (C=O) groups is 1. The van der Waals surface area contributed by atoms with Crippen molar-refractivity contribution >= 4 is 15.9 Å². The van der Waals surface area contributed by atoms with Crippen molar-refractivity contribution in [2.75, 3.05) is 26.2 Å². The fourth-order valence-corrected chi connectivity index (χ4v) is 4.55. The van der Waals surface area contributed by atoms with Crippen molar-refractivity contribution in [3.8, 4) is 0 Å². The fraction of sp³-hybridized carbons (Fsp3) is 0.562. The number of ether oxygens (including phenoxy) is 1. The maximum absolute atomic E-state index is 12.6. The van der Waals surface area contributed by atoms with Gasteiger partial charge in [0.15, 0.2) is 0 Å². The highest BCUT2D eigenvalue weighted by molar-refractivity contribution is 7.89. The first-order chi connectivity index (χ1) is 11.1. The van der Waals surface area contributed by atoms with E-state index in [2.05, 4.69) is 5.32 Å². The minimum Gasteiger partial charge on any atom is -0.376 e. The summed E-state index contributed by atoms with van der Waals surface area (Å²) in [6.45, 7) is 2.31. The van der Waals surface area contributed by atoms with Gasteiger partial charge in [0.1, 0.15) is 0 Å². The highest BCUT2D eigenvalue weighted by Gasteiger charge is 2.27. The van der Waals surface area contributed by atoms with Gasteiger partial charge < -0.3 is 10.1 Å². The van der Waals surface area contributed by atoms with Crippen LogP contribution in [0.1, 0.15) is 36.0 Å². The van der Waals surface area contributed by atoms with Gasteiger partial charge in [0.2, 0.25) is 10.0 Å². The summed E-state index contributed by atoms with van der Waals surface area (Å²) in [6.07, 6.45) is 3.81. The molecule has 3 rings (SSSR count). The molecule has 1 amide bonds. The summed E-state index contributed by atoms with van der Waals surface area (Å²) in [6, 6.07) is 6.25. The molecule has 1 unspecified atom stereocenters. The van der Waals surface area contributed by atoms with Crippen molar-refractivity contribution in [2.45, 2.75) is 36.7 Å². The van der Waals surface area contributed by atoms with Crippen LogP contribution in [0.3, 0.4) is 0 Å². The number of amides is 1. The van der Waals surface area contributed by atoms with Crippen LogP contribution >= 0.6 is 0 Å². The molecule has 0 bridgehead atoms. The molecule has 7 heteroatoms. The molecule has 2 aliphatic heterocycles. The van der Waals surface area contributed by atoms with Gasteiger partial charge >= 0.3 is 0 Å². The first-order valence-electron chi connectivity index (χ1n) is 8.07. The summed E-state index contributed by atoms with van der Waals surface area (Å²) in [7, 11) is -3.50. The highest BCUT2D eigenvalue weighted by Crippen LogP contribution is 2.21. The average Bonchev–Trinajstić information content (AvgIpc) is 3.26. The zero-order valence-corrected chi connectivity index (χ0v) is 13.8. The van der Waals surface area contributed by atoms with Gasteiger partial charge in [-0.15, -0.1) is 0 Å². The molecule has 2 fully saturated rings. The Hall–Kier alpha value is -1.44. The van der Waals surface area contributed by atoms with Crippen LogP contribution in [0.25, 0.3) is 0 Å². The van der Waals surface area contributed by atoms with Crippen molar-refractivity contribution in [1.82, 2.24) is 9.62 Å². The third-order valence-electron chi connectivity index (χ3n) is 4.31. The molecule has 0 spiro atoms. The Balaban J connectivity index is 1.70. The van der Waals surface area contributed by atoms with E-state index in [9.17, 15) is 13.2 Å². The molecule has 1 aromatic carbocycles. The second kappa shape index (κ2) is 6.98. The summed E-state index contributed by atoms with van der Waals surface area (Å²) in [5, 5.41) is 2.82. The highest BCUT2D eigenvalue weighted by atomic mass is 32.2. The van der Waals surface area contributed by atoms with Gasteiger partial charge in [-0.05, 0) is 43.9 Å². The number of sulfonamides is 1. The Kier molecular flexibility index (Phi) is 4.99. The fourth-order valence-electron chi connectivity index (χ4n) is 2.99. The van der Waals surface area contributed by atoms with Gasteiger partial charge in [0, 0.05) is 31.8 Å². The normalized spacial score (nSPS) is 22.3. The zero-order valence-electron chi connectivity index (χ0n) is 13.0. The van der Waals surface area contributed by atoms with Crippen molar-refractivity contribution in [1.29, 1.82) is 0 Å². The number of nitrogens with zero attached hydrogens (tertiary/aromatic N) is 1. The first kappa shape index (κ1) is 16.4. The Morgan fingerprint density at radius 2 is 2.04 bits per heavy atom. The molecule has 126 valence electrons. The maximum atomic E-state index is 12.6. The Labute approximate surface area is 136 Å². The van der Waals surface area contributed by atoms with E-state index in [4.69, 9.17) is 4.74 Å². The minimum absolute atomic E-state index is 0.0652. The van der Waals surface area contributed by atoms with Gasteiger partial charge in [-0.1, -0.05) is 6.07 Å². The van der Waals surface area contributed by atoms with E-state index in [-0.39, 0.29) is 16.9 Å². The smallest absolute Gasteiger partial charge is 0.251 e. The SMILES string of the molecule is O=C(NCC1CCCO1)c1cccc(S(=O)(=O)N2CCCC2)c1. The predicted octanol–water partition coefficient (Wildman–Crippen LogP) is 1.38. The molecule has 23 heavy (non-hydrogen) atoms. The summed E-state index contributed by atoms with van der Waals surface area (Å²) < 4.78 is 32.1. The molecule has 2 aliphatic rings. The van der Waals surface area contributed by atoms with Gasteiger partial charge in [-0.2, -0.15) is 4.31 Å². The molecule has 6 nitrogen and oxygen atoms in total. The van der Waals surface area contributed by atoms with Crippen LogP contribution in [0.15, 0.2) is 29.2 Å². The third kappa shape index (κ3) is 3.73. The largest absolute Gasteiger partial charge is 0.376 e. The zero-order chi connectivity index (χ0) is 16.3. The van der Waals surface area contributed by atoms with Gasteiger partial charge in [0.05, 0.1) is 11.0 Å². The molecule has 2 saturated heterocycles. The van der Waals surface area contributed by atoms with Crippen LogP contribution in [0.4, 0.5) is 0 Å². The first-order valence-corrected chi connectivity index (χ1v) is 9.51. The van der Waals surface area contributed by atoms with Crippen LogP contribution in [0.5, 0.6) is 0 Å². The van der Waals surface area contributed by atoms with Gasteiger partial charge in [-0.25, -0.2) is 8.42 Å². The second-order valence-corrected chi connectivity index (χ2v) is 7.92. The quantitative estimate of drug-likeness (QED) is 0.880. The minimum atomic E-state index is -3.50. The third-order valence-corrected chi connectivity index (χ3v) is 6.21. The topological polar surface area (TPSA) is 75.7 Å². The number of nitrogens with one attached hydrogen (secondary N) is 1. The number of rotatable bonds is 5. The molecule has 0 saturated carbocycles. The van der Waals surface area contributed by atoms with Crippen molar-refractivity contribution < 1.29 is 17.9 Å². The molecular weight excluding hydrogens is 316 g/mol. The molecule has 0 radical (unpaired) electrons. The Morgan fingerprint density at radius 1 is 1.26 bits per heavy atom. The van der Waals surface area contributed by atoms with Crippen molar-refractivity contribution in [3.05, 3.63) is 29.8 Å². The van der Waals surface area contributed by atoms with E-state index >= 15 is 0 Å². The number of benzene rings is 1. The van der Waals surface area contributed by atoms with Crippen LogP contribution in [0, 0.1) is 0 Å². The molecule has 0 aromatic heterocycles. The van der Waals surface area contributed by atoms with E-state index in [1.165, 1.54) is 10.4 Å². The van der Waals surface area contributed by atoms with E-state index in [1.54, 1.807) is 18.2 Å². The summed E-state index contributed by atoms with van der Waals surface area (Å²) in [4.78, 5) is 12.4. The summed E-state index contributed by atoms with van der Waals surface area (Å²) in [5.74, 6) is -0.265. The van der Waals surface area contributed by atoms with E-state index in [0.717, 1.165) is 32.3 Å². The molecule has 0 aliphatic carbocycles. The molecular formula is C16H22N2O4S. The second-order valence-electron chi connectivity index (χ2n) is 5.98. The Bertz CT molecular complexity index is 662.